The second kappa shape index (κ2) is 4.87. The average Bonchev–Trinajstić information content (AvgIpc) is 2.50. The van der Waals surface area contributed by atoms with Crippen LogP contribution in [-0.4, -0.2) is 39.3 Å². The predicted octanol–water partition coefficient (Wildman–Crippen LogP) is 1.12. The summed E-state index contributed by atoms with van der Waals surface area (Å²) < 4.78 is 23.0. The van der Waals surface area contributed by atoms with Crippen LogP contribution in [0.4, 0.5) is 5.69 Å². The van der Waals surface area contributed by atoms with E-state index in [1.54, 1.807) is 6.07 Å². The van der Waals surface area contributed by atoms with Crippen molar-refractivity contribution in [1.82, 2.24) is 0 Å². The summed E-state index contributed by atoms with van der Waals surface area (Å²) in [6, 6.07) is 7.28. The number of para-hydroxylation sites is 1. The van der Waals surface area contributed by atoms with Gasteiger partial charge in [0.25, 0.3) is 0 Å². The summed E-state index contributed by atoms with van der Waals surface area (Å²) in [6.45, 7) is 1.15. The number of benzene rings is 1. The van der Waals surface area contributed by atoms with Gasteiger partial charge in [0, 0.05) is 24.3 Å². The third kappa shape index (κ3) is 2.85. The third-order valence-electron chi connectivity index (χ3n) is 2.96. The van der Waals surface area contributed by atoms with Crippen LogP contribution in [0.1, 0.15) is 16.8 Å². The molecule has 5 heteroatoms. The maximum atomic E-state index is 11.5. The molecule has 0 N–H and O–H groups in total. The molecule has 0 aromatic heterocycles. The van der Waals surface area contributed by atoms with E-state index in [-0.39, 0.29) is 11.5 Å². The van der Waals surface area contributed by atoms with Crippen LogP contribution in [0.5, 0.6) is 0 Å². The summed E-state index contributed by atoms with van der Waals surface area (Å²) in [5.74, 6) is 0.410. The summed E-state index contributed by atoms with van der Waals surface area (Å²) in [5, 5.41) is 0. The number of nitrogens with zero attached hydrogens (tertiary/aromatic N) is 1. The van der Waals surface area contributed by atoms with E-state index in [1.165, 1.54) is 0 Å². The molecular weight excluding hydrogens is 238 g/mol. The van der Waals surface area contributed by atoms with E-state index in [0.717, 1.165) is 12.0 Å². The van der Waals surface area contributed by atoms with Gasteiger partial charge in [0.1, 0.15) is 0 Å². The average molecular weight is 253 g/mol. The second-order valence-electron chi connectivity index (χ2n) is 4.17. The Morgan fingerprint density at radius 1 is 1.12 bits per heavy atom. The fourth-order valence-corrected chi connectivity index (χ4v) is 3.33. The topological polar surface area (TPSA) is 54.5 Å². The lowest BCUT2D eigenvalue weighted by Crippen LogP contribution is -2.27. The number of carbonyl (C=O) groups is 1. The number of hydrogen-bond donors (Lipinski definition) is 0. The van der Waals surface area contributed by atoms with Crippen LogP contribution >= 0.6 is 0 Å². The molecule has 0 spiro atoms. The molecule has 17 heavy (non-hydrogen) atoms. The highest BCUT2D eigenvalue weighted by Gasteiger charge is 2.20. The summed E-state index contributed by atoms with van der Waals surface area (Å²) in [4.78, 5) is 12.9. The Kier molecular flexibility index (Phi) is 3.47. The highest BCUT2D eigenvalue weighted by molar-refractivity contribution is 7.91. The number of hydrogen-bond acceptors (Lipinski definition) is 4. The van der Waals surface area contributed by atoms with Crippen molar-refractivity contribution in [2.75, 3.05) is 29.5 Å². The first kappa shape index (κ1) is 12.1. The van der Waals surface area contributed by atoms with Crippen molar-refractivity contribution >= 4 is 21.8 Å². The summed E-state index contributed by atoms with van der Waals surface area (Å²) in [6.07, 6.45) is 1.43. The van der Waals surface area contributed by atoms with Crippen molar-refractivity contribution in [3.63, 3.8) is 0 Å². The Morgan fingerprint density at radius 3 is 2.65 bits per heavy atom. The van der Waals surface area contributed by atoms with Crippen molar-refractivity contribution in [3.8, 4) is 0 Å². The highest BCUT2D eigenvalue weighted by atomic mass is 32.2. The van der Waals surface area contributed by atoms with Crippen LogP contribution in [0.25, 0.3) is 0 Å². The minimum atomic E-state index is -2.91. The summed E-state index contributed by atoms with van der Waals surface area (Å²) in [7, 11) is -2.91. The molecule has 0 unspecified atom stereocenters. The fourth-order valence-electron chi connectivity index (χ4n) is 2.05. The van der Waals surface area contributed by atoms with Crippen LogP contribution < -0.4 is 4.90 Å². The van der Waals surface area contributed by atoms with Crippen LogP contribution in [0.2, 0.25) is 0 Å². The van der Waals surface area contributed by atoms with Gasteiger partial charge in [-0.15, -0.1) is 0 Å². The Balaban J connectivity index is 2.25. The quantitative estimate of drug-likeness (QED) is 0.741. The zero-order valence-electron chi connectivity index (χ0n) is 9.50. The first-order valence-corrected chi connectivity index (χ1v) is 7.44. The molecule has 1 heterocycles. The number of anilines is 1. The lowest BCUT2D eigenvalue weighted by molar-refractivity contribution is 0.112. The lowest BCUT2D eigenvalue weighted by Gasteiger charge is -2.23. The Labute approximate surface area is 101 Å². The van der Waals surface area contributed by atoms with E-state index in [0.29, 0.717) is 25.1 Å². The van der Waals surface area contributed by atoms with Crippen LogP contribution in [0, 0.1) is 0 Å². The van der Waals surface area contributed by atoms with E-state index in [9.17, 15) is 13.2 Å². The predicted molar refractivity (Wildman–Crippen MR) is 67.3 cm³/mol. The van der Waals surface area contributed by atoms with E-state index < -0.39 is 9.84 Å². The standard InChI is InChI=1S/C12H15NO3S/c14-10-11-4-1-2-5-12(11)13-6-3-8-17(15,16)9-7-13/h1-2,4-5,10H,3,6-9H2. The van der Waals surface area contributed by atoms with Crippen LogP contribution in [-0.2, 0) is 9.84 Å². The maximum absolute atomic E-state index is 11.5. The number of rotatable bonds is 2. The normalized spacial score (nSPS) is 19.6. The van der Waals surface area contributed by atoms with Crippen molar-refractivity contribution in [1.29, 1.82) is 0 Å². The molecule has 1 aliphatic rings. The number of aldehydes is 1. The maximum Gasteiger partial charge on any atom is 0.152 e. The van der Waals surface area contributed by atoms with E-state index in [2.05, 4.69) is 0 Å². The Bertz CT molecular complexity index is 510. The zero-order chi connectivity index (χ0) is 12.3. The van der Waals surface area contributed by atoms with Crippen molar-refractivity contribution in [2.45, 2.75) is 6.42 Å². The smallest absolute Gasteiger partial charge is 0.152 e. The molecule has 92 valence electrons. The lowest BCUT2D eigenvalue weighted by atomic mass is 10.1. The van der Waals surface area contributed by atoms with Gasteiger partial charge in [-0.1, -0.05) is 12.1 Å². The molecule has 0 saturated carbocycles. The fraction of sp³-hybridized carbons (Fsp3) is 0.417. The summed E-state index contributed by atoms with van der Waals surface area (Å²) in [5.41, 5.74) is 1.45. The molecule has 1 fully saturated rings. The third-order valence-corrected chi connectivity index (χ3v) is 4.68. The zero-order valence-corrected chi connectivity index (χ0v) is 10.3. The monoisotopic (exact) mass is 253 g/mol. The molecule has 1 saturated heterocycles. The molecule has 1 aliphatic heterocycles. The van der Waals surface area contributed by atoms with Gasteiger partial charge in [-0.05, 0) is 18.6 Å². The van der Waals surface area contributed by atoms with Crippen LogP contribution in [0.15, 0.2) is 24.3 Å². The van der Waals surface area contributed by atoms with Crippen molar-refractivity contribution < 1.29 is 13.2 Å². The largest absolute Gasteiger partial charge is 0.370 e. The molecule has 4 nitrogen and oxygen atoms in total. The molecular formula is C12H15NO3S. The second-order valence-corrected chi connectivity index (χ2v) is 6.47. The van der Waals surface area contributed by atoms with Crippen molar-refractivity contribution in [2.24, 2.45) is 0 Å². The number of carbonyl (C=O) groups excluding carboxylic acids is 1. The van der Waals surface area contributed by atoms with Crippen molar-refractivity contribution in [3.05, 3.63) is 29.8 Å². The van der Waals surface area contributed by atoms with Gasteiger partial charge in [0.05, 0.1) is 11.5 Å². The minimum absolute atomic E-state index is 0.167. The molecule has 0 aliphatic carbocycles. The minimum Gasteiger partial charge on any atom is -0.370 e. The van der Waals surface area contributed by atoms with E-state index in [1.807, 2.05) is 23.1 Å². The van der Waals surface area contributed by atoms with Gasteiger partial charge in [-0.25, -0.2) is 8.42 Å². The van der Waals surface area contributed by atoms with Crippen LogP contribution in [0.3, 0.4) is 0 Å². The molecule has 1 aromatic carbocycles. The first-order chi connectivity index (χ1) is 8.12. The molecule has 2 rings (SSSR count). The molecule has 0 amide bonds. The van der Waals surface area contributed by atoms with E-state index >= 15 is 0 Å². The number of sulfone groups is 1. The molecule has 0 atom stereocenters. The van der Waals surface area contributed by atoms with Gasteiger partial charge in [0.15, 0.2) is 16.1 Å². The highest BCUT2D eigenvalue weighted by Crippen LogP contribution is 2.20. The summed E-state index contributed by atoms with van der Waals surface area (Å²) >= 11 is 0. The Morgan fingerprint density at radius 2 is 1.88 bits per heavy atom. The SMILES string of the molecule is O=Cc1ccccc1N1CCCS(=O)(=O)CC1. The molecule has 0 bridgehead atoms. The van der Waals surface area contributed by atoms with Gasteiger partial charge in [-0.2, -0.15) is 0 Å². The molecule has 1 aromatic rings. The molecule has 0 radical (unpaired) electrons. The van der Waals surface area contributed by atoms with E-state index in [4.69, 9.17) is 0 Å². The van der Waals surface area contributed by atoms with Gasteiger partial charge < -0.3 is 4.90 Å². The Hall–Kier alpha value is -1.36. The van der Waals surface area contributed by atoms with Gasteiger partial charge in [0.2, 0.25) is 0 Å². The van der Waals surface area contributed by atoms with Gasteiger partial charge in [-0.3, -0.25) is 4.79 Å². The van der Waals surface area contributed by atoms with Gasteiger partial charge >= 0.3 is 0 Å². The first-order valence-electron chi connectivity index (χ1n) is 5.62.